The highest BCUT2D eigenvalue weighted by atomic mass is 19.4. The summed E-state index contributed by atoms with van der Waals surface area (Å²) < 4.78 is 57.8. The van der Waals surface area contributed by atoms with Crippen molar-refractivity contribution in [2.45, 2.75) is 18.6 Å². The molecule has 31 heavy (non-hydrogen) atoms. The van der Waals surface area contributed by atoms with Crippen LogP contribution in [0, 0.1) is 5.92 Å². The Kier molecular flexibility index (Phi) is 6.39. The maximum atomic E-state index is 13.2. The largest absolute Gasteiger partial charge is 0.508 e. The first-order chi connectivity index (χ1) is 14.8. The van der Waals surface area contributed by atoms with Gasteiger partial charge in [0.15, 0.2) is 0 Å². The zero-order chi connectivity index (χ0) is 22.0. The van der Waals surface area contributed by atoms with Crippen LogP contribution in [0.15, 0.2) is 42.5 Å². The van der Waals surface area contributed by atoms with E-state index in [0.29, 0.717) is 18.8 Å². The van der Waals surface area contributed by atoms with Crippen molar-refractivity contribution in [3.63, 3.8) is 0 Å². The molecule has 8 heteroatoms. The number of rotatable bonds is 7. The maximum Gasteiger partial charge on any atom is 0.401 e. The van der Waals surface area contributed by atoms with Gasteiger partial charge in [-0.3, -0.25) is 14.2 Å². The van der Waals surface area contributed by atoms with Gasteiger partial charge in [-0.2, -0.15) is 13.2 Å². The van der Waals surface area contributed by atoms with Gasteiger partial charge in [-0.25, -0.2) is 0 Å². The van der Waals surface area contributed by atoms with Crippen molar-refractivity contribution in [2.75, 3.05) is 46.0 Å². The van der Waals surface area contributed by atoms with Crippen LogP contribution in [0.5, 0.6) is 11.5 Å². The normalized spacial score (nSPS) is 20.3. The van der Waals surface area contributed by atoms with Crippen LogP contribution in [0.2, 0.25) is 0 Å². The topological polar surface area (TPSA) is 35.9 Å². The van der Waals surface area contributed by atoms with Crippen molar-refractivity contribution in [2.24, 2.45) is 5.92 Å². The smallest absolute Gasteiger partial charge is 0.401 e. The van der Waals surface area contributed by atoms with Gasteiger partial charge in [0.05, 0.1) is 19.3 Å². The lowest BCUT2D eigenvalue weighted by Crippen LogP contribution is -2.49. The monoisotopic (exact) mass is 438 g/mol. The average molecular weight is 438 g/mol. The zero-order valence-corrected chi connectivity index (χ0v) is 17.1. The number of nitrogens with zero attached hydrogens (tertiary/aromatic N) is 2. The Morgan fingerprint density at radius 3 is 2.48 bits per heavy atom. The quantitative estimate of drug-likeness (QED) is 0.658. The predicted octanol–water partition coefficient (Wildman–Crippen LogP) is 4.18. The summed E-state index contributed by atoms with van der Waals surface area (Å²) in [6.45, 7) is 1.69. The summed E-state index contributed by atoms with van der Waals surface area (Å²) in [7, 11) is 0. The van der Waals surface area contributed by atoms with E-state index in [2.05, 4.69) is 4.90 Å². The highest BCUT2D eigenvalue weighted by Gasteiger charge is 2.37. The lowest BCUT2D eigenvalue weighted by molar-refractivity contribution is -0.150. The molecule has 0 saturated carbocycles. The first kappa shape index (κ1) is 21.9. The summed E-state index contributed by atoms with van der Waals surface area (Å²) in [5.41, 5.74) is 2.39. The molecule has 4 rings (SSSR count). The van der Waals surface area contributed by atoms with Crippen molar-refractivity contribution in [1.82, 2.24) is 9.80 Å². The molecular weight excluding hydrogens is 412 g/mol. The molecule has 1 atom stereocenters. The molecule has 1 N–H and O–H groups in total. The molecule has 0 bridgehead atoms. The predicted molar refractivity (Wildman–Crippen MR) is 109 cm³/mol. The molecule has 1 fully saturated rings. The lowest BCUT2D eigenvalue weighted by atomic mass is 9.88. The molecule has 168 valence electrons. The molecule has 0 radical (unpaired) electrons. The first-order valence-corrected chi connectivity index (χ1v) is 10.5. The fourth-order valence-electron chi connectivity index (χ4n) is 4.45. The number of aromatic hydroxyl groups is 1. The van der Waals surface area contributed by atoms with Crippen LogP contribution in [0.25, 0.3) is 0 Å². The van der Waals surface area contributed by atoms with Crippen LogP contribution in [0.3, 0.4) is 0 Å². The molecular formula is C23H26F4N2O2. The Balaban J connectivity index is 1.46. The number of ether oxygens (including phenoxy) is 1. The first-order valence-electron chi connectivity index (χ1n) is 10.5. The van der Waals surface area contributed by atoms with Gasteiger partial charge in [0, 0.05) is 32.1 Å². The van der Waals surface area contributed by atoms with Gasteiger partial charge in [-0.05, 0) is 47.4 Å². The van der Waals surface area contributed by atoms with E-state index in [1.54, 1.807) is 36.4 Å². The molecule has 2 heterocycles. The molecule has 2 aliphatic rings. The average Bonchev–Trinajstić information content (AvgIpc) is 2.69. The van der Waals surface area contributed by atoms with Crippen LogP contribution in [0.4, 0.5) is 17.6 Å². The van der Waals surface area contributed by atoms with E-state index in [0.717, 1.165) is 36.3 Å². The van der Waals surface area contributed by atoms with Gasteiger partial charge >= 0.3 is 6.18 Å². The fraction of sp³-hybridized carbons (Fsp3) is 0.478. The summed E-state index contributed by atoms with van der Waals surface area (Å²) >= 11 is 0. The number of halogens is 4. The number of likely N-dealkylation sites (tertiary alicyclic amines) is 1. The van der Waals surface area contributed by atoms with Crippen molar-refractivity contribution < 1.29 is 27.4 Å². The number of phenols is 1. The Bertz CT molecular complexity index is 882. The van der Waals surface area contributed by atoms with Gasteiger partial charge < -0.3 is 9.84 Å². The zero-order valence-electron chi connectivity index (χ0n) is 17.1. The van der Waals surface area contributed by atoms with E-state index in [9.17, 15) is 22.7 Å². The summed E-state index contributed by atoms with van der Waals surface area (Å²) in [5, 5.41) is 9.77. The van der Waals surface area contributed by atoms with E-state index in [4.69, 9.17) is 4.74 Å². The van der Waals surface area contributed by atoms with E-state index < -0.39 is 18.8 Å². The highest BCUT2D eigenvalue weighted by Crippen LogP contribution is 2.38. The maximum absolute atomic E-state index is 13.2. The van der Waals surface area contributed by atoms with Crippen molar-refractivity contribution in [3.05, 3.63) is 59.2 Å². The minimum atomic E-state index is -4.30. The summed E-state index contributed by atoms with van der Waals surface area (Å²) in [6.07, 6.45) is -3.84. The van der Waals surface area contributed by atoms with Gasteiger partial charge in [-0.15, -0.1) is 0 Å². The molecule has 0 aliphatic carbocycles. The summed E-state index contributed by atoms with van der Waals surface area (Å²) in [4.78, 5) is 3.56. The second kappa shape index (κ2) is 9.04. The van der Waals surface area contributed by atoms with Gasteiger partial charge in [-0.1, -0.05) is 18.2 Å². The molecule has 0 spiro atoms. The molecule has 1 saturated heterocycles. The van der Waals surface area contributed by atoms with Gasteiger partial charge in [0.2, 0.25) is 0 Å². The third-order valence-corrected chi connectivity index (χ3v) is 5.96. The molecule has 2 aromatic carbocycles. The minimum absolute atomic E-state index is 0.116. The third kappa shape index (κ3) is 5.30. The van der Waals surface area contributed by atoms with E-state index in [-0.39, 0.29) is 24.9 Å². The summed E-state index contributed by atoms with van der Waals surface area (Å²) in [5.74, 6) is 0.903. The van der Waals surface area contributed by atoms with Crippen molar-refractivity contribution in [1.29, 1.82) is 0 Å². The van der Waals surface area contributed by atoms with Crippen LogP contribution < -0.4 is 4.74 Å². The van der Waals surface area contributed by atoms with E-state index >= 15 is 0 Å². The highest BCUT2D eigenvalue weighted by molar-refractivity contribution is 5.44. The Hall–Kier alpha value is -2.32. The Labute approximate surface area is 179 Å². The SMILES string of the molecule is Oc1ccc2c(c1)CCN(CC(F)(F)F)C2c1ccc(OCCN2CC(CF)C2)cc1. The fourth-order valence-corrected chi connectivity index (χ4v) is 4.45. The number of phenolic OH excluding ortho intramolecular Hbond substituents is 1. The van der Waals surface area contributed by atoms with Crippen LogP contribution in [-0.2, 0) is 6.42 Å². The van der Waals surface area contributed by atoms with E-state index in [1.165, 1.54) is 11.0 Å². The second-order valence-electron chi connectivity index (χ2n) is 8.32. The molecule has 2 aliphatic heterocycles. The minimum Gasteiger partial charge on any atom is -0.508 e. The van der Waals surface area contributed by atoms with Crippen LogP contribution in [-0.4, -0.2) is 67.1 Å². The number of fused-ring (bicyclic) bond motifs is 1. The van der Waals surface area contributed by atoms with E-state index in [1.807, 2.05) is 0 Å². The molecule has 2 aromatic rings. The molecule has 0 aromatic heterocycles. The lowest BCUT2D eigenvalue weighted by Gasteiger charge is -2.38. The van der Waals surface area contributed by atoms with Crippen molar-refractivity contribution >= 4 is 0 Å². The Morgan fingerprint density at radius 2 is 1.81 bits per heavy atom. The standard InChI is InChI=1S/C23H26F4N2O2/c24-12-16-13-28(14-16)9-10-31-20-4-1-17(2-5-20)22-21-6-3-19(30)11-18(21)7-8-29(22)15-23(25,26)27/h1-6,11,16,22,30H,7-10,12-15H2. The number of hydrogen-bond acceptors (Lipinski definition) is 4. The van der Waals surface area contributed by atoms with Gasteiger partial charge in [0.25, 0.3) is 0 Å². The second-order valence-corrected chi connectivity index (χ2v) is 8.32. The number of alkyl halides is 4. The van der Waals surface area contributed by atoms with Crippen LogP contribution >= 0.6 is 0 Å². The molecule has 4 nitrogen and oxygen atoms in total. The third-order valence-electron chi connectivity index (χ3n) is 5.96. The van der Waals surface area contributed by atoms with Crippen molar-refractivity contribution in [3.8, 4) is 11.5 Å². The Morgan fingerprint density at radius 1 is 1.06 bits per heavy atom. The number of hydrogen-bond donors (Lipinski definition) is 1. The van der Waals surface area contributed by atoms with Gasteiger partial charge in [0.1, 0.15) is 18.1 Å². The molecule has 0 amide bonds. The summed E-state index contributed by atoms with van der Waals surface area (Å²) in [6, 6.07) is 11.5. The number of benzene rings is 2. The molecule has 1 unspecified atom stereocenters. The van der Waals surface area contributed by atoms with Crippen LogP contribution in [0.1, 0.15) is 22.7 Å².